The molecule has 0 radical (unpaired) electrons. The van der Waals surface area contributed by atoms with Crippen molar-refractivity contribution in [2.45, 2.75) is 32.0 Å². The average molecular weight is 181 g/mol. The molecule has 1 aromatic heterocycles. The van der Waals surface area contributed by atoms with Crippen LogP contribution in [0, 0.1) is 0 Å². The zero-order valence-electron chi connectivity index (χ0n) is 7.72. The monoisotopic (exact) mass is 181 g/mol. The Morgan fingerprint density at radius 1 is 1.38 bits per heavy atom. The highest BCUT2D eigenvalue weighted by Crippen LogP contribution is 2.21. The van der Waals surface area contributed by atoms with E-state index in [0.717, 1.165) is 12.1 Å². The van der Waals surface area contributed by atoms with Gasteiger partial charge in [-0.25, -0.2) is 0 Å². The van der Waals surface area contributed by atoms with Gasteiger partial charge in [0.05, 0.1) is 0 Å². The van der Waals surface area contributed by atoms with Crippen molar-refractivity contribution in [2.24, 2.45) is 0 Å². The SMILES string of the molecule is CCC(CC(O)O)c1ccccn1. The summed E-state index contributed by atoms with van der Waals surface area (Å²) in [5.74, 6) is 0.140. The van der Waals surface area contributed by atoms with Gasteiger partial charge < -0.3 is 10.2 Å². The van der Waals surface area contributed by atoms with Crippen molar-refractivity contribution in [2.75, 3.05) is 0 Å². The molecule has 1 atom stereocenters. The lowest BCUT2D eigenvalue weighted by molar-refractivity contribution is -0.0502. The Morgan fingerprint density at radius 3 is 2.62 bits per heavy atom. The Bertz CT molecular complexity index is 236. The molecule has 3 nitrogen and oxygen atoms in total. The van der Waals surface area contributed by atoms with Crippen molar-refractivity contribution in [3.8, 4) is 0 Å². The van der Waals surface area contributed by atoms with Crippen LogP contribution in [-0.4, -0.2) is 21.5 Å². The molecule has 2 N–H and O–H groups in total. The summed E-state index contributed by atoms with van der Waals surface area (Å²) < 4.78 is 0. The third kappa shape index (κ3) is 3.13. The van der Waals surface area contributed by atoms with Crippen LogP contribution in [0.5, 0.6) is 0 Å². The van der Waals surface area contributed by atoms with Crippen LogP contribution >= 0.6 is 0 Å². The van der Waals surface area contributed by atoms with Crippen molar-refractivity contribution in [1.29, 1.82) is 0 Å². The summed E-state index contributed by atoms with van der Waals surface area (Å²) in [6.07, 6.45) is 1.70. The fourth-order valence-electron chi connectivity index (χ4n) is 1.37. The maximum absolute atomic E-state index is 8.84. The Balaban J connectivity index is 2.67. The van der Waals surface area contributed by atoms with Crippen molar-refractivity contribution in [3.63, 3.8) is 0 Å². The van der Waals surface area contributed by atoms with E-state index in [1.807, 2.05) is 25.1 Å². The van der Waals surface area contributed by atoms with Crippen LogP contribution in [0.25, 0.3) is 0 Å². The predicted molar refractivity (Wildman–Crippen MR) is 50.1 cm³/mol. The first-order chi connectivity index (χ1) is 6.24. The molecule has 0 aliphatic heterocycles. The van der Waals surface area contributed by atoms with Crippen LogP contribution in [-0.2, 0) is 0 Å². The van der Waals surface area contributed by atoms with Gasteiger partial charge in [-0.15, -0.1) is 0 Å². The van der Waals surface area contributed by atoms with Gasteiger partial charge in [0.1, 0.15) is 0 Å². The van der Waals surface area contributed by atoms with Gasteiger partial charge in [0, 0.05) is 24.2 Å². The van der Waals surface area contributed by atoms with Crippen molar-refractivity contribution < 1.29 is 10.2 Å². The maximum atomic E-state index is 8.84. The fraction of sp³-hybridized carbons (Fsp3) is 0.500. The lowest BCUT2D eigenvalue weighted by atomic mass is 9.98. The molecule has 0 bridgehead atoms. The molecule has 3 heteroatoms. The Hall–Kier alpha value is -0.930. The summed E-state index contributed by atoms with van der Waals surface area (Å²) in [7, 11) is 0. The lowest BCUT2D eigenvalue weighted by Gasteiger charge is -2.14. The molecule has 0 saturated carbocycles. The van der Waals surface area contributed by atoms with Crippen LogP contribution < -0.4 is 0 Å². The number of aliphatic hydroxyl groups is 2. The van der Waals surface area contributed by atoms with Crippen molar-refractivity contribution >= 4 is 0 Å². The van der Waals surface area contributed by atoms with Crippen LogP contribution in [0.15, 0.2) is 24.4 Å². The second-order valence-electron chi connectivity index (χ2n) is 3.08. The minimum absolute atomic E-state index is 0.140. The van der Waals surface area contributed by atoms with E-state index in [1.54, 1.807) is 6.20 Å². The maximum Gasteiger partial charge on any atom is 0.152 e. The standard InChI is InChI=1S/C10H15NO2/c1-2-8(7-10(12)13)9-5-3-4-6-11-9/h3-6,8,10,12-13H,2,7H2,1H3. The molecule has 0 saturated heterocycles. The van der Waals surface area contributed by atoms with Gasteiger partial charge in [-0.05, 0) is 18.6 Å². The summed E-state index contributed by atoms with van der Waals surface area (Å²) in [6, 6.07) is 5.68. The van der Waals surface area contributed by atoms with Crippen LogP contribution in [0.3, 0.4) is 0 Å². The highest BCUT2D eigenvalue weighted by molar-refractivity contribution is 5.09. The molecule has 0 spiro atoms. The van der Waals surface area contributed by atoms with Crippen molar-refractivity contribution in [3.05, 3.63) is 30.1 Å². The average Bonchev–Trinajstić information content (AvgIpc) is 2.15. The van der Waals surface area contributed by atoms with Gasteiger partial charge in [0.15, 0.2) is 6.29 Å². The largest absolute Gasteiger partial charge is 0.368 e. The summed E-state index contributed by atoms with van der Waals surface area (Å²) in [4.78, 5) is 4.18. The van der Waals surface area contributed by atoms with E-state index in [1.165, 1.54) is 0 Å². The number of aliphatic hydroxyl groups excluding tert-OH is 1. The van der Waals surface area contributed by atoms with Gasteiger partial charge in [0.2, 0.25) is 0 Å². The van der Waals surface area contributed by atoms with Crippen molar-refractivity contribution in [1.82, 2.24) is 4.98 Å². The zero-order chi connectivity index (χ0) is 9.68. The van der Waals surface area contributed by atoms with E-state index < -0.39 is 6.29 Å². The summed E-state index contributed by atoms with van der Waals surface area (Å²) >= 11 is 0. The fourth-order valence-corrected chi connectivity index (χ4v) is 1.37. The summed E-state index contributed by atoms with van der Waals surface area (Å²) in [5.41, 5.74) is 0.929. The molecular weight excluding hydrogens is 166 g/mol. The second kappa shape index (κ2) is 4.94. The molecular formula is C10H15NO2. The predicted octanol–water partition coefficient (Wildman–Crippen LogP) is 1.28. The minimum Gasteiger partial charge on any atom is -0.368 e. The number of rotatable bonds is 4. The van der Waals surface area contributed by atoms with E-state index in [2.05, 4.69) is 4.98 Å². The minimum atomic E-state index is -1.24. The lowest BCUT2D eigenvalue weighted by Crippen LogP contribution is -2.11. The first-order valence-electron chi connectivity index (χ1n) is 4.51. The quantitative estimate of drug-likeness (QED) is 0.688. The number of pyridine rings is 1. The van der Waals surface area contributed by atoms with E-state index in [-0.39, 0.29) is 5.92 Å². The van der Waals surface area contributed by atoms with Gasteiger partial charge in [-0.2, -0.15) is 0 Å². The molecule has 1 rings (SSSR count). The zero-order valence-corrected chi connectivity index (χ0v) is 7.72. The Morgan fingerprint density at radius 2 is 2.15 bits per heavy atom. The molecule has 0 amide bonds. The van der Waals surface area contributed by atoms with E-state index in [4.69, 9.17) is 10.2 Å². The highest BCUT2D eigenvalue weighted by Gasteiger charge is 2.13. The third-order valence-corrected chi connectivity index (χ3v) is 2.09. The second-order valence-corrected chi connectivity index (χ2v) is 3.08. The highest BCUT2D eigenvalue weighted by atomic mass is 16.5. The topological polar surface area (TPSA) is 53.4 Å². The first-order valence-corrected chi connectivity index (χ1v) is 4.51. The number of aromatic nitrogens is 1. The number of hydrogen-bond donors (Lipinski definition) is 2. The summed E-state index contributed by atoms with van der Waals surface area (Å²) in [5, 5.41) is 17.7. The summed E-state index contributed by atoms with van der Waals surface area (Å²) in [6.45, 7) is 2.02. The number of nitrogens with zero attached hydrogens (tertiary/aromatic N) is 1. The van der Waals surface area contributed by atoms with Gasteiger partial charge in [-0.1, -0.05) is 13.0 Å². The molecule has 0 aliphatic carbocycles. The first kappa shape index (κ1) is 10.2. The van der Waals surface area contributed by atoms with Gasteiger partial charge in [0.25, 0.3) is 0 Å². The molecule has 0 aliphatic rings. The molecule has 1 heterocycles. The molecule has 0 aromatic carbocycles. The van der Waals surface area contributed by atoms with Gasteiger partial charge in [-0.3, -0.25) is 4.98 Å². The molecule has 1 aromatic rings. The molecule has 1 unspecified atom stereocenters. The van der Waals surface area contributed by atoms with E-state index in [9.17, 15) is 0 Å². The third-order valence-electron chi connectivity index (χ3n) is 2.09. The van der Waals surface area contributed by atoms with Crippen LogP contribution in [0.2, 0.25) is 0 Å². The number of hydrogen-bond acceptors (Lipinski definition) is 3. The normalized spacial score (nSPS) is 13.2. The van der Waals surface area contributed by atoms with Gasteiger partial charge >= 0.3 is 0 Å². The molecule has 72 valence electrons. The van der Waals surface area contributed by atoms with Crippen LogP contribution in [0.4, 0.5) is 0 Å². The van der Waals surface area contributed by atoms with E-state index >= 15 is 0 Å². The molecule has 0 fully saturated rings. The Kier molecular flexibility index (Phi) is 3.86. The smallest absolute Gasteiger partial charge is 0.152 e. The Labute approximate surface area is 78.1 Å². The molecule has 13 heavy (non-hydrogen) atoms. The van der Waals surface area contributed by atoms with Crippen LogP contribution in [0.1, 0.15) is 31.4 Å². The van der Waals surface area contributed by atoms with E-state index in [0.29, 0.717) is 6.42 Å².